The van der Waals surface area contributed by atoms with Gasteiger partial charge in [-0.2, -0.15) is 0 Å². The molecule has 0 N–H and O–H groups in total. The van der Waals surface area contributed by atoms with E-state index in [1.165, 1.54) is 11.8 Å². The molecule has 7 heteroatoms. The van der Waals surface area contributed by atoms with Gasteiger partial charge in [-0.05, 0) is 19.1 Å². The summed E-state index contributed by atoms with van der Waals surface area (Å²) in [7, 11) is 0. The maximum atomic E-state index is 12.5. The highest BCUT2D eigenvalue weighted by molar-refractivity contribution is 8.26. The lowest BCUT2D eigenvalue weighted by Gasteiger charge is -2.29. The van der Waals surface area contributed by atoms with Crippen LogP contribution in [0.15, 0.2) is 21.5 Å². The second-order valence-corrected chi connectivity index (χ2v) is 6.61. The molecule has 2 fully saturated rings. The molecule has 0 spiro atoms. The maximum absolute atomic E-state index is 12.5. The van der Waals surface area contributed by atoms with E-state index < -0.39 is 0 Å². The van der Waals surface area contributed by atoms with Crippen molar-refractivity contribution >= 4 is 40.3 Å². The summed E-state index contributed by atoms with van der Waals surface area (Å²) in [6.45, 7) is 5.47. The van der Waals surface area contributed by atoms with Crippen LogP contribution in [0, 0.1) is 6.92 Å². The Balaban J connectivity index is 1.71. The molecule has 21 heavy (non-hydrogen) atoms. The van der Waals surface area contributed by atoms with Gasteiger partial charge in [0.2, 0.25) is 0 Å². The highest BCUT2D eigenvalue weighted by Gasteiger charge is 2.33. The third-order valence-electron chi connectivity index (χ3n) is 3.35. The first kappa shape index (κ1) is 14.8. The van der Waals surface area contributed by atoms with Gasteiger partial charge in [-0.15, -0.1) is 0 Å². The molecule has 0 radical (unpaired) electrons. The Morgan fingerprint density at radius 2 is 2.14 bits per heavy atom. The van der Waals surface area contributed by atoms with E-state index in [1.54, 1.807) is 11.0 Å². The van der Waals surface area contributed by atoms with Crippen molar-refractivity contribution < 1.29 is 13.9 Å². The molecule has 0 bridgehead atoms. The fourth-order valence-corrected chi connectivity index (χ4v) is 3.45. The van der Waals surface area contributed by atoms with Crippen molar-refractivity contribution in [1.29, 1.82) is 0 Å². The summed E-state index contributed by atoms with van der Waals surface area (Å²) in [4.78, 5) is 16.9. The molecule has 0 aromatic carbocycles. The minimum absolute atomic E-state index is 0.0504. The maximum Gasteiger partial charge on any atom is 0.267 e. The number of nitrogens with zero attached hydrogens (tertiary/aromatic N) is 2. The van der Waals surface area contributed by atoms with Crippen molar-refractivity contribution in [3.05, 3.63) is 28.6 Å². The number of furan rings is 1. The minimum Gasteiger partial charge on any atom is -0.462 e. The Morgan fingerprint density at radius 1 is 1.38 bits per heavy atom. The molecule has 2 saturated heterocycles. The van der Waals surface area contributed by atoms with E-state index in [2.05, 4.69) is 4.90 Å². The van der Waals surface area contributed by atoms with Gasteiger partial charge in [0.05, 0.1) is 24.8 Å². The number of hydrogen-bond acceptors (Lipinski definition) is 6. The van der Waals surface area contributed by atoms with Crippen LogP contribution in [-0.2, 0) is 9.53 Å². The first-order valence-corrected chi connectivity index (χ1v) is 7.98. The van der Waals surface area contributed by atoms with Crippen molar-refractivity contribution in [2.75, 3.05) is 33.0 Å². The van der Waals surface area contributed by atoms with Crippen molar-refractivity contribution in [1.82, 2.24) is 9.80 Å². The van der Waals surface area contributed by atoms with Crippen LogP contribution in [0.1, 0.15) is 11.5 Å². The van der Waals surface area contributed by atoms with Crippen LogP contribution >= 0.6 is 24.0 Å². The number of rotatable bonds is 3. The Hall–Kier alpha value is -1.15. The minimum atomic E-state index is -0.0504. The van der Waals surface area contributed by atoms with Crippen LogP contribution in [0.25, 0.3) is 6.08 Å². The normalized spacial score (nSPS) is 22.5. The molecule has 5 nitrogen and oxygen atoms in total. The number of thiocarbonyl (C=S) groups is 1. The number of ether oxygens (including phenoxy) is 1. The first-order valence-electron chi connectivity index (χ1n) is 6.75. The monoisotopic (exact) mass is 324 g/mol. The Morgan fingerprint density at radius 3 is 2.81 bits per heavy atom. The molecule has 0 unspecified atom stereocenters. The van der Waals surface area contributed by atoms with E-state index in [0.717, 1.165) is 18.8 Å². The molecule has 3 rings (SSSR count). The predicted molar refractivity (Wildman–Crippen MR) is 85.7 cm³/mol. The third-order valence-corrected chi connectivity index (χ3v) is 4.73. The summed E-state index contributed by atoms with van der Waals surface area (Å²) in [5.41, 5.74) is 0. The number of aryl methyl sites for hydroxylation is 1. The van der Waals surface area contributed by atoms with Crippen molar-refractivity contribution in [3.8, 4) is 0 Å². The molecule has 1 amide bonds. The van der Waals surface area contributed by atoms with Crippen LogP contribution in [0.5, 0.6) is 0 Å². The number of carbonyl (C=O) groups excluding carboxylic acids is 1. The van der Waals surface area contributed by atoms with Gasteiger partial charge < -0.3 is 9.15 Å². The standard InChI is InChI=1S/C14H16N2O3S2/c1-10-2-3-11(19-10)8-12-13(17)16(14(20)21-12)9-15-4-6-18-7-5-15/h2-3,8H,4-7,9H2,1H3. The van der Waals surface area contributed by atoms with Gasteiger partial charge in [0.15, 0.2) is 0 Å². The summed E-state index contributed by atoms with van der Waals surface area (Å²) in [5, 5.41) is 0. The lowest BCUT2D eigenvalue weighted by Crippen LogP contribution is -2.45. The van der Waals surface area contributed by atoms with Crippen molar-refractivity contribution in [2.24, 2.45) is 0 Å². The molecular formula is C14H16N2O3S2. The summed E-state index contributed by atoms with van der Waals surface area (Å²) >= 11 is 6.65. The molecule has 2 aliphatic rings. The van der Waals surface area contributed by atoms with Crippen LogP contribution < -0.4 is 0 Å². The fraction of sp³-hybridized carbons (Fsp3) is 0.429. The molecule has 3 heterocycles. The zero-order chi connectivity index (χ0) is 14.8. The highest BCUT2D eigenvalue weighted by Crippen LogP contribution is 2.32. The zero-order valence-electron chi connectivity index (χ0n) is 11.7. The topological polar surface area (TPSA) is 45.9 Å². The average molecular weight is 324 g/mol. The van der Waals surface area contributed by atoms with Crippen LogP contribution in [0.3, 0.4) is 0 Å². The summed E-state index contributed by atoms with van der Waals surface area (Å²) in [6, 6.07) is 3.73. The summed E-state index contributed by atoms with van der Waals surface area (Å²) in [5.74, 6) is 1.45. The predicted octanol–water partition coefficient (Wildman–Crippen LogP) is 2.08. The van der Waals surface area contributed by atoms with E-state index in [0.29, 0.717) is 34.9 Å². The van der Waals surface area contributed by atoms with Crippen LogP contribution in [0.4, 0.5) is 0 Å². The summed E-state index contributed by atoms with van der Waals surface area (Å²) in [6.07, 6.45) is 1.76. The van der Waals surface area contributed by atoms with Gasteiger partial charge in [0, 0.05) is 19.2 Å². The highest BCUT2D eigenvalue weighted by atomic mass is 32.2. The Bertz CT molecular complexity index is 591. The van der Waals surface area contributed by atoms with E-state index in [-0.39, 0.29) is 5.91 Å². The first-order chi connectivity index (χ1) is 10.1. The van der Waals surface area contributed by atoms with Crippen LogP contribution in [-0.4, -0.2) is 53.0 Å². The molecular weight excluding hydrogens is 308 g/mol. The van der Waals surface area contributed by atoms with E-state index in [1.807, 2.05) is 19.1 Å². The second-order valence-electron chi connectivity index (χ2n) is 4.93. The molecule has 0 atom stereocenters. The van der Waals surface area contributed by atoms with Gasteiger partial charge in [-0.1, -0.05) is 24.0 Å². The zero-order valence-corrected chi connectivity index (χ0v) is 13.3. The fourth-order valence-electron chi connectivity index (χ4n) is 2.22. The summed E-state index contributed by atoms with van der Waals surface area (Å²) < 4.78 is 11.4. The van der Waals surface area contributed by atoms with Crippen LogP contribution in [0.2, 0.25) is 0 Å². The molecule has 1 aromatic heterocycles. The lowest BCUT2D eigenvalue weighted by molar-refractivity contribution is -0.124. The number of hydrogen-bond donors (Lipinski definition) is 0. The van der Waals surface area contributed by atoms with Gasteiger partial charge in [0.25, 0.3) is 5.91 Å². The van der Waals surface area contributed by atoms with Gasteiger partial charge >= 0.3 is 0 Å². The van der Waals surface area contributed by atoms with Crippen molar-refractivity contribution in [2.45, 2.75) is 6.92 Å². The largest absolute Gasteiger partial charge is 0.462 e. The molecule has 0 saturated carbocycles. The van der Waals surface area contributed by atoms with E-state index in [4.69, 9.17) is 21.4 Å². The number of carbonyl (C=O) groups is 1. The Labute approximate surface area is 132 Å². The molecule has 0 aliphatic carbocycles. The third kappa shape index (κ3) is 3.37. The van der Waals surface area contributed by atoms with Gasteiger partial charge in [-0.3, -0.25) is 14.6 Å². The van der Waals surface area contributed by atoms with E-state index >= 15 is 0 Å². The van der Waals surface area contributed by atoms with Gasteiger partial charge in [-0.25, -0.2) is 0 Å². The lowest BCUT2D eigenvalue weighted by atomic mass is 10.3. The molecule has 112 valence electrons. The number of morpholine rings is 1. The van der Waals surface area contributed by atoms with E-state index in [9.17, 15) is 4.79 Å². The number of amides is 1. The quantitative estimate of drug-likeness (QED) is 0.627. The number of thioether (sulfide) groups is 1. The smallest absolute Gasteiger partial charge is 0.267 e. The molecule has 2 aliphatic heterocycles. The average Bonchev–Trinajstić information content (AvgIpc) is 2.99. The van der Waals surface area contributed by atoms with Crippen molar-refractivity contribution in [3.63, 3.8) is 0 Å². The Kier molecular flexibility index (Phi) is 4.44. The molecule has 1 aromatic rings. The van der Waals surface area contributed by atoms with Gasteiger partial charge in [0.1, 0.15) is 15.8 Å². The SMILES string of the molecule is Cc1ccc(C=C2SC(=S)N(CN3CCOCC3)C2=O)o1. The second kappa shape index (κ2) is 6.31.